The number of fused-ring (bicyclic) bond motifs is 2. The molecule has 0 bridgehead atoms. The molecule has 0 radical (unpaired) electrons. The molecule has 2 fully saturated rings. The zero-order chi connectivity index (χ0) is 27.7. The van der Waals surface area contributed by atoms with E-state index in [2.05, 4.69) is 9.44 Å². The molecule has 3 aliphatic rings. The summed E-state index contributed by atoms with van der Waals surface area (Å²) in [5, 5.41) is 0. The second kappa shape index (κ2) is 8.76. The standard InChI is InChI=1S/C27H34FN3O5S2/c1-25(2,3)30-38(35,36)23-15-18(5-7-21(23)28)24(32)31-17-27(13-11-26(9-10-26)12-14-27)20-16-19(6-8-22(20)31)29-37(4,33)34/h5-8,15-16,29-30H,9-14,17H2,1-4H3. The number of sulfonamides is 2. The van der Waals surface area contributed by atoms with Gasteiger partial charge in [-0.3, -0.25) is 9.52 Å². The fourth-order valence-corrected chi connectivity index (χ4v) is 8.03. The average Bonchev–Trinajstić information content (AvgIpc) is 3.48. The van der Waals surface area contributed by atoms with Crippen molar-refractivity contribution in [3.8, 4) is 0 Å². The van der Waals surface area contributed by atoms with Crippen molar-refractivity contribution in [2.45, 2.75) is 75.1 Å². The molecule has 1 amide bonds. The summed E-state index contributed by atoms with van der Waals surface area (Å²) >= 11 is 0. The van der Waals surface area contributed by atoms with Gasteiger partial charge in [0.15, 0.2) is 0 Å². The molecule has 5 rings (SSSR count). The number of carbonyl (C=O) groups excluding carboxylic acids is 1. The molecule has 0 saturated heterocycles. The fraction of sp³-hybridized carbons (Fsp3) is 0.519. The van der Waals surface area contributed by atoms with Crippen LogP contribution >= 0.6 is 0 Å². The fourth-order valence-electron chi connectivity index (χ4n) is 5.95. The SMILES string of the molecule is CC(C)(C)NS(=O)(=O)c1cc(C(=O)N2CC3(CCC4(CC4)CC3)c3cc(NS(C)(=O)=O)ccc32)ccc1F. The first-order valence-corrected chi connectivity index (χ1v) is 16.2. The van der Waals surface area contributed by atoms with Gasteiger partial charge >= 0.3 is 0 Å². The number of amides is 1. The van der Waals surface area contributed by atoms with Crippen LogP contribution in [0.5, 0.6) is 0 Å². The minimum Gasteiger partial charge on any atom is -0.307 e. The van der Waals surface area contributed by atoms with Gasteiger partial charge in [0.2, 0.25) is 20.0 Å². The summed E-state index contributed by atoms with van der Waals surface area (Å²) in [4.78, 5) is 14.9. The second-order valence-corrected chi connectivity index (χ2v) is 15.7. The molecule has 0 aromatic heterocycles. The minimum absolute atomic E-state index is 0.0662. The molecular weight excluding hydrogens is 529 g/mol. The van der Waals surface area contributed by atoms with Crippen molar-refractivity contribution in [3.63, 3.8) is 0 Å². The van der Waals surface area contributed by atoms with Crippen molar-refractivity contribution in [3.05, 3.63) is 53.3 Å². The minimum atomic E-state index is -4.21. The molecule has 2 aromatic rings. The first-order chi connectivity index (χ1) is 17.5. The molecule has 38 heavy (non-hydrogen) atoms. The van der Waals surface area contributed by atoms with Crippen molar-refractivity contribution >= 4 is 37.3 Å². The van der Waals surface area contributed by atoms with E-state index in [4.69, 9.17) is 0 Å². The third kappa shape index (κ3) is 5.20. The maximum absolute atomic E-state index is 14.7. The number of halogens is 1. The Labute approximate surface area is 224 Å². The van der Waals surface area contributed by atoms with Crippen molar-refractivity contribution in [1.82, 2.24) is 4.72 Å². The van der Waals surface area contributed by atoms with Crippen LogP contribution in [0.3, 0.4) is 0 Å². The van der Waals surface area contributed by atoms with E-state index in [-0.39, 0.29) is 11.0 Å². The number of rotatable bonds is 5. The normalized spacial score (nSPS) is 20.0. The van der Waals surface area contributed by atoms with E-state index < -0.39 is 42.2 Å². The smallest absolute Gasteiger partial charge is 0.258 e. The molecule has 2 spiro atoms. The monoisotopic (exact) mass is 563 g/mol. The first-order valence-electron chi connectivity index (χ1n) is 12.8. The van der Waals surface area contributed by atoms with Gasteiger partial charge in [-0.15, -0.1) is 0 Å². The van der Waals surface area contributed by atoms with Crippen molar-refractivity contribution < 1.29 is 26.0 Å². The lowest BCUT2D eigenvalue weighted by atomic mass is 9.66. The van der Waals surface area contributed by atoms with Gasteiger partial charge in [0.1, 0.15) is 10.7 Å². The van der Waals surface area contributed by atoms with E-state index in [0.29, 0.717) is 23.3 Å². The number of hydrogen-bond donors (Lipinski definition) is 2. The van der Waals surface area contributed by atoms with Crippen LogP contribution in [0, 0.1) is 11.2 Å². The lowest BCUT2D eigenvalue weighted by Crippen LogP contribution is -2.41. The topological polar surface area (TPSA) is 113 Å². The Morgan fingerprint density at radius 2 is 1.58 bits per heavy atom. The van der Waals surface area contributed by atoms with E-state index in [0.717, 1.165) is 49.6 Å². The summed E-state index contributed by atoms with van der Waals surface area (Å²) in [6, 6.07) is 8.59. The molecule has 1 heterocycles. The number of carbonyl (C=O) groups is 1. The van der Waals surface area contributed by atoms with Crippen LogP contribution in [0.1, 0.15) is 75.2 Å². The molecule has 8 nitrogen and oxygen atoms in total. The largest absolute Gasteiger partial charge is 0.307 e. The van der Waals surface area contributed by atoms with Gasteiger partial charge in [-0.25, -0.2) is 25.9 Å². The van der Waals surface area contributed by atoms with Crippen molar-refractivity contribution in [1.29, 1.82) is 0 Å². The Bertz CT molecular complexity index is 1520. The van der Waals surface area contributed by atoms with Crippen LogP contribution in [0.4, 0.5) is 15.8 Å². The molecule has 0 atom stereocenters. The second-order valence-electron chi connectivity index (χ2n) is 12.3. The summed E-state index contributed by atoms with van der Waals surface area (Å²) in [5.74, 6) is -1.36. The van der Waals surface area contributed by atoms with Crippen molar-refractivity contribution in [2.75, 3.05) is 22.4 Å². The summed E-state index contributed by atoms with van der Waals surface area (Å²) in [6.07, 6.45) is 7.41. The highest BCUT2D eigenvalue weighted by atomic mass is 32.2. The van der Waals surface area contributed by atoms with Gasteiger partial charge in [0, 0.05) is 34.4 Å². The van der Waals surface area contributed by atoms with E-state index >= 15 is 0 Å². The van der Waals surface area contributed by atoms with E-state index in [1.807, 2.05) is 6.07 Å². The molecule has 1 aliphatic heterocycles. The zero-order valence-electron chi connectivity index (χ0n) is 22.1. The number of anilines is 2. The number of nitrogens with zero attached hydrogens (tertiary/aromatic N) is 1. The summed E-state index contributed by atoms with van der Waals surface area (Å²) < 4.78 is 69.2. The van der Waals surface area contributed by atoms with Gasteiger partial charge < -0.3 is 4.90 Å². The molecule has 2 aliphatic carbocycles. The van der Waals surface area contributed by atoms with Crippen molar-refractivity contribution in [2.24, 2.45) is 5.41 Å². The average molecular weight is 564 g/mol. The lowest BCUT2D eigenvalue weighted by Gasteiger charge is -2.38. The number of hydrogen-bond acceptors (Lipinski definition) is 5. The maximum atomic E-state index is 14.7. The molecule has 0 unspecified atom stereocenters. The molecule has 206 valence electrons. The highest BCUT2D eigenvalue weighted by molar-refractivity contribution is 7.92. The Morgan fingerprint density at radius 1 is 0.947 bits per heavy atom. The Hall–Kier alpha value is -2.50. The van der Waals surface area contributed by atoms with Crippen LogP contribution in [0.15, 0.2) is 41.3 Å². The van der Waals surface area contributed by atoms with Crippen LogP contribution in [0.25, 0.3) is 0 Å². The number of nitrogens with one attached hydrogen (secondary N) is 2. The van der Waals surface area contributed by atoms with Gasteiger partial charge in [-0.2, -0.15) is 0 Å². The van der Waals surface area contributed by atoms with Gasteiger partial charge in [-0.05, 0) is 107 Å². The maximum Gasteiger partial charge on any atom is 0.258 e. The summed E-state index contributed by atoms with van der Waals surface area (Å²) in [7, 11) is -7.69. The summed E-state index contributed by atoms with van der Waals surface area (Å²) in [5.41, 5.74) is 1.35. The van der Waals surface area contributed by atoms with E-state index in [1.54, 1.807) is 37.8 Å². The zero-order valence-corrected chi connectivity index (χ0v) is 23.7. The highest BCUT2D eigenvalue weighted by Gasteiger charge is 2.53. The third-order valence-corrected chi connectivity index (χ3v) is 10.4. The number of benzene rings is 2. The van der Waals surface area contributed by atoms with Gasteiger partial charge in [0.25, 0.3) is 5.91 Å². The van der Waals surface area contributed by atoms with Crippen LogP contribution in [-0.2, 0) is 25.5 Å². The Morgan fingerprint density at radius 3 is 2.16 bits per heavy atom. The predicted molar refractivity (Wildman–Crippen MR) is 145 cm³/mol. The molecule has 2 N–H and O–H groups in total. The van der Waals surface area contributed by atoms with E-state index in [9.17, 15) is 26.0 Å². The molecular formula is C27H34FN3O5S2. The lowest BCUT2D eigenvalue weighted by molar-refractivity contribution is 0.0980. The first kappa shape index (κ1) is 27.1. The van der Waals surface area contributed by atoms with Gasteiger partial charge in [-0.1, -0.05) is 0 Å². The highest BCUT2D eigenvalue weighted by Crippen LogP contribution is 2.62. The summed E-state index contributed by atoms with van der Waals surface area (Å²) in [6.45, 7) is 5.36. The van der Waals surface area contributed by atoms with Gasteiger partial charge in [0.05, 0.1) is 6.26 Å². The molecule has 2 aromatic carbocycles. The van der Waals surface area contributed by atoms with Crippen LogP contribution in [0.2, 0.25) is 0 Å². The Kier molecular flexibility index (Phi) is 6.24. The molecule has 2 saturated carbocycles. The quantitative estimate of drug-likeness (QED) is 0.555. The van der Waals surface area contributed by atoms with Crippen LogP contribution in [-0.4, -0.2) is 41.1 Å². The Balaban J connectivity index is 1.53. The van der Waals surface area contributed by atoms with Crippen LogP contribution < -0.4 is 14.3 Å². The molecule has 11 heteroatoms. The predicted octanol–water partition coefficient (Wildman–Crippen LogP) is 4.53. The third-order valence-electron chi connectivity index (χ3n) is 8.00. The van der Waals surface area contributed by atoms with E-state index in [1.165, 1.54) is 18.9 Å².